The standard InChI is InChI=1S/C17H22N2O4/c1-5-10(2)23-16(20)14-11(3)18-17(21)19-15(14)12-8-6-7-9-13(12)22-4/h6-10,15H,5H2,1-4H3,(H2,18,19,21)/t10-,15-/m0/s1. The van der Waals surface area contributed by atoms with Gasteiger partial charge >= 0.3 is 12.0 Å². The molecule has 124 valence electrons. The second-order valence-electron chi connectivity index (χ2n) is 5.44. The number of ether oxygens (including phenoxy) is 2. The predicted molar refractivity (Wildman–Crippen MR) is 85.9 cm³/mol. The van der Waals surface area contributed by atoms with Crippen LogP contribution in [0.4, 0.5) is 4.79 Å². The van der Waals surface area contributed by atoms with E-state index in [0.29, 0.717) is 22.6 Å². The van der Waals surface area contributed by atoms with E-state index >= 15 is 0 Å². The number of hydrogen-bond donors (Lipinski definition) is 2. The molecule has 0 radical (unpaired) electrons. The summed E-state index contributed by atoms with van der Waals surface area (Å²) in [5.41, 5.74) is 1.58. The molecule has 23 heavy (non-hydrogen) atoms. The molecule has 1 aromatic carbocycles. The van der Waals surface area contributed by atoms with E-state index in [-0.39, 0.29) is 12.1 Å². The Kier molecular flexibility index (Phi) is 5.26. The van der Waals surface area contributed by atoms with Crippen LogP contribution in [-0.4, -0.2) is 25.2 Å². The zero-order valence-corrected chi connectivity index (χ0v) is 13.8. The topological polar surface area (TPSA) is 76.7 Å². The number of rotatable bonds is 5. The van der Waals surface area contributed by atoms with E-state index < -0.39 is 12.0 Å². The average Bonchev–Trinajstić information content (AvgIpc) is 2.53. The summed E-state index contributed by atoms with van der Waals surface area (Å²) in [6.45, 7) is 5.47. The lowest BCUT2D eigenvalue weighted by atomic mass is 9.95. The van der Waals surface area contributed by atoms with Crippen molar-refractivity contribution in [2.45, 2.75) is 39.3 Å². The molecule has 2 atom stereocenters. The third-order valence-electron chi connectivity index (χ3n) is 3.82. The van der Waals surface area contributed by atoms with Gasteiger partial charge in [0, 0.05) is 11.3 Å². The van der Waals surface area contributed by atoms with Crippen LogP contribution in [0.15, 0.2) is 35.5 Å². The Hall–Kier alpha value is -2.50. The lowest BCUT2D eigenvalue weighted by Crippen LogP contribution is -2.45. The molecule has 0 spiro atoms. The summed E-state index contributed by atoms with van der Waals surface area (Å²) in [6.07, 6.45) is 0.524. The predicted octanol–water partition coefficient (Wildman–Crippen LogP) is 2.66. The van der Waals surface area contributed by atoms with E-state index in [1.165, 1.54) is 0 Å². The number of amides is 2. The molecular formula is C17H22N2O4. The van der Waals surface area contributed by atoms with Crippen LogP contribution in [0, 0.1) is 0 Å². The van der Waals surface area contributed by atoms with Gasteiger partial charge in [0.05, 0.1) is 24.8 Å². The van der Waals surface area contributed by atoms with E-state index in [9.17, 15) is 9.59 Å². The van der Waals surface area contributed by atoms with Gasteiger partial charge in [0.25, 0.3) is 0 Å². The molecule has 0 aromatic heterocycles. The lowest BCUT2D eigenvalue weighted by Gasteiger charge is -2.29. The van der Waals surface area contributed by atoms with Gasteiger partial charge in [-0.2, -0.15) is 0 Å². The molecule has 1 aromatic rings. The van der Waals surface area contributed by atoms with Crippen molar-refractivity contribution in [3.05, 3.63) is 41.1 Å². The van der Waals surface area contributed by atoms with Crippen molar-refractivity contribution in [1.29, 1.82) is 0 Å². The number of methoxy groups -OCH3 is 1. The average molecular weight is 318 g/mol. The van der Waals surface area contributed by atoms with E-state index in [1.54, 1.807) is 20.1 Å². The summed E-state index contributed by atoms with van der Waals surface area (Å²) >= 11 is 0. The monoisotopic (exact) mass is 318 g/mol. The maximum Gasteiger partial charge on any atom is 0.338 e. The molecule has 1 heterocycles. The fourth-order valence-corrected chi connectivity index (χ4v) is 2.43. The molecular weight excluding hydrogens is 296 g/mol. The fourth-order valence-electron chi connectivity index (χ4n) is 2.43. The zero-order chi connectivity index (χ0) is 17.0. The molecule has 0 saturated heterocycles. The van der Waals surface area contributed by atoms with Crippen molar-refractivity contribution in [2.24, 2.45) is 0 Å². The number of para-hydroxylation sites is 1. The summed E-state index contributed by atoms with van der Waals surface area (Å²) in [7, 11) is 1.55. The van der Waals surface area contributed by atoms with Crippen LogP contribution >= 0.6 is 0 Å². The number of carbonyl (C=O) groups is 2. The summed E-state index contributed by atoms with van der Waals surface area (Å²) in [5.74, 6) is 0.154. The molecule has 1 aliphatic rings. The number of nitrogens with one attached hydrogen (secondary N) is 2. The van der Waals surface area contributed by atoms with Crippen molar-refractivity contribution in [3.63, 3.8) is 0 Å². The highest BCUT2D eigenvalue weighted by Crippen LogP contribution is 2.33. The van der Waals surface area contributed by atoms with Crippen LogP contribution in [-0.2, 0) is 9.53 Å². The van der Waals surface area contributed by atoms with Crippen molar-refractivity contribution < 1.29 is 19.1 Å². The number of allylic oxidation sites excluding steroid dienone is 1. The van der Waals surface area contributed by atoms with Crippen LogP contribution < -0.4 is 15.4 Å². The minimum atomic E-state index is -0.614. The number of benzene rings is 1. The van der Waals surface area contributed by atoms with Gasteiger partial charge in [-0.1, -0.05) is 25.1 Å². The SMILES string of the molecule is CC[C@H](C)OC(=O)C1=C(C)NC(=O)N[C@H]1c1ccccc1OC. The number of urea groups is 1. The minimum absolute atomic E-state index is 0.196. The van der Waals surface area contributed by atoms with Gasteiger partial charge in [0.1, 0.15) is 5.75 Å². The van der Waals surface area contributed by atoms with Crippen LogP contribution in [0.25, 0.3) is 0 Å². The maximum atomic E-state index is 12.6. The first kappa shape index (κ1) is 16.9. The van der Waals surface area contributed by atoms with Crippen LogP contribution in [0.5, 0.6) is 5.75 Å². The first-order valence-electron chi connectivity index (χ1n) is 7.60. The number of esters is 1. The summed E-state index contributed by atoms with van der Waals surface area (Å²) in [4.78, 5) is 24.4. The lowest BCUT2D eigenvalue weighted by molar-refractivity contribution is -0.144. The van der Waals surface area contributed by atoms with Crippen LogP contribution in [0.2, 0.25) is 0 Å². The Balaban J connectivity index is 2.44. The quantitative estimate of drug-likeness (QED) is 0.818. The molecule has 0 bridgehead atoms. The van der Waals surface area contributed by atoms with Gasteiger partial charge in [-0.05, 0) is 26.3 Å². The van der Waals surface area contributed by atoms with Gasteiger partial charge in [0.2, 0.25) is 0 Å². The maximum absolute atomic E-state index is 12.6. The molecule has 0 fully saturated rings. The van der Waals surface area contributed by atoms with Crippen molar-refractivity contribution in [1.82, 2.24) is 10.6 Å². The zero-order valence-electron chi connectivity index (χ0n) is 13.8. The highest BCUT2D eigenvalue weighted by molar-refractivity contribution is 5.95. The van der Waals surface area contributed by atoms with Gasteiger partial charge < -0.3 is 20.1 Å². The molecule has 1 aliphatic heterocycles. The van der Waals surface area contributed by atoms with Gasteiger partial charge in [-0.3, -0.25) is 0 Å². The Morgan fingerprint density at radius 1 is 1.35 bits per heavy atom. The third-order valence-corrected chi connectivity index (χ3v) is 3.82. The highest BCUT2D eigenvalue weighted by Gasteiger charge is 2.34. The van der Waals surface area contributed by atoms with Crippen molar-refractivity contribution in [3.8, 4) is 5.75 Å². The summed E-state index contributed by atoms with van der Waals surface area (Å²) in [5, 5.41) is 5.40. The number of hydrogen-bond acceptors (Lipinski definition) is 4. The van der Waals surface area contributed by atoms with Gasteiger partial charge in [-0.15, -0.1) is 0 Å². The normalized spacial score (nSPS) is 18.8. The van der Waals surface area contributed by atoms with Crippen LogP contribution in [0.1, 0.15) is 38.8 Å². The molecule has 2 amide bonds. The second kappa shape index (κ2) is 7.17. The summed E-state index contributed by atoms with van der Waals surface area (Å²) < 4.78 is 10.8. The molecule has 0 unspecified atom stereocenters. The van der Waals surface area contributed by atoms with Crippen LogP contribution in [0.3, 0.4) is 0 Å². The van der Waals surface area contributed by atoms with E-state index in [2.05, 4.69) is 10.6 Å². The molecule has 2 rings (SSSR count). The molecule has 0 aliphatic carbocycles. The first-order chi connectivity index (χ1) is 11.0. The van der Waals surface area contributed by atoms with E-state index in [1.807, 2.05) is 32.0 Å². The molecule has 6 heteroatoms. The Morgan fingerprint density at radius 3 is 2.70 bits per heavy atom. The van der Waals surface area contributed by atoms with E-state index in [4.69, 9.17) is 9.47 Å². The molecule has 0 saturated carbocycles. The largest absolute Gasteiger partial charge is 0.496 e. The Labute approximate surface area is 135 Å². The highest BCUT2D eigenvalue weighted by atomic mass is 16.5. The summed E-state index contributed by atoms with van der Waals surface area (Å²) in [6, 6.07) is 6.29. The van der Waals surface area contributed by atoms with Crippen molar-refractivity contribution >= 4 is 12.0 Å². The third kappa shape index (κ3) is 3.64. The Bertz CT molecular complexity index is 639. The van der Waals surface area contributed by atoms with Crippen molar-refractivity contribution in [2.75, 3.05) is 7.11 Å². The number of carbonyl (C=O) groups excluding carboxylic acids is 2. The first-order valence-corrected chi connectivity index (χ1v) is 7.60. The molecule has 6 nitrogen and oxygen atoms in total. The Morgan fingerprint density at radius 2 is 2.04 bits per heavy atom. The van der Waals surface area contributed by atoms with E-state index in [0.717, 1.165) is 6.42 Å². The van der Waals surface area contributed by atoms with Gasteiger partial charge in [-0.25, -0.2) is 9.59 Å². The smallest absolute Gasteiger partial charge is 0.338 e. The molecule has 2 N–H and O–H groups in total. The minimum Gasteiger partial charge on any atom is -0.496 e. The fraction of sp³-hybridized carbons (Fsp3) is 0.412. The second-order valence-corrected chi connectivity index (χ2v) is 5.44. The van der Waals surface area contributed by atoms with Gasteiger partial charge in [0.15, 0.2) is 0 Å².